The van der Waals surface area contributed by atoms with Crippen LogP contribution in [-0.2, 0) is 0 Å². The van der Waals surface area contributed by atoms with Crippen LogP contribution in [0.3, 0.4) is 0 Å². The largest absolute Gasteiger partial charge is 0.388 e. The van der Waals surface area contributed by atoms with E-state index in [1.165, 1.54) is 6.20 Å². The fraction of sp³-hybridized carbons (Fsp3) is 0.389. The van der Waals surface area contributed by atoms with E-state index in [0.717, 1.165) is 37.8 Å². The Hall–Kier alpha value is -2.11. The first-order valence-corrected chi connectivity index (χ1v) is 7.82. The molecule has 1 saturated heterocycles. The molecule has 1 aliphatic heterocycles. The molecule has 0 saturated carbocycles. The number of hydrogen-bond acceptors (Lipinski definition) is 5. The highest BCUT2D eigenvalue weighted by Crippen LogP contribution is 2.29. The van der Waals surface area contributed by atoms with Crippen LogP contribution >= 0.6 is 0 Å². The van der Waals surface area contributed by atoms with E-state index in [0.29, 0.717) is 11.5 Å². The minimum Gasteiger partial charge on any atom is -0.388 e. The van der Waals surface area contributed by atoms with Gasteiger partial charge in [0.25, 0.3) is 0 Å². The Morgan fingerprint density at radius 2 is 1.83 bits per heavy atom. The van der Waals surface area contributed by atoms with Crippen LogP contribution in [0.25, 0.3) is 0 Å². The van der Waals surface area contributed by atoms with Crippen LogP contribution < -0.4 is 0 Å². The van der Waals surface area contributed by atoms with E-state index < -0.39 is 0 Å². The highest BCUT2D eigenvalue weighted by molar-refractivity contribution is 5.73. The Morgan fingerprint density at radius 1 is 1.17 bits per heavy atom. The van der Waals surface area contributed by atoms with Crippen molar-refractivity contribution in [3.63, 3.8) is 0 Å². The number of hydrogen-bond donors (Lipinski definition) is 1. The van der Waals surface area contributed by atoms with Gasteiger partial charge in [-0.1, -0.05) is 6.07 Å². The van der Waals surface area contributed by atoms with Gasteiger partial charge in [0.05, 0.1) is 6.10 Å². The van der Waals surface area contributed by atoms with E-state index in [9.17, 15) is 9.90 Å². The third-order valence-corrected chi connectivity index (χ3v) is 4.06. The van der Waals surface area contributed by atoms with E-state index in [1.807, 2.05) is 12.1 Å². The Labute approximate surface area is 137 Å². The predicted molar refractivity (Wildman–Crippen MR) is 89.0 cm³/mol. The highest BCUT2D eigenvalue weighted by Gasteiger charge is 2.24. The molecule has 1 N–H and O–H groups in total. The van der Waals surface area contributed by atoms with Gasteiger partial charge in [0.15, 0.2) is 6.29 Å². The number of carbonyl (C=O) groups is 1. The van der Waals surface area contributed by atoms with Gasteiger partial charge >= 0.3 is 0 Å². The number of aromatic nitrogens is 2. The molecule has 23 heavy (non-hydrogen) atoms. The molecule has 1 fully saturated rings. The summed E-state index contributed by atoms with van der Waals surface area (Å²) in [4.78, 5) is 20.0. The Balaban J connectivity index is 0.000000203. The molecule has 0 amide bonds. The molecule has 2 aromatic heterocycles. The van der Waals surface area contributed by atoms with E-state index >= 15 is 0 Å². The van der Waals surface area contributed by atoms with Crippen molar-refractivity contribution in [1.82, 2.24) is 14.9 Å². The molecule has 3 rings (SSSR count). The van der Waals surface area contributed by atoms with Crippen molar-refractivity contribution in [2.75, 3.05) is 20.1 Å². The van der Waals surface area contributed by atoms with Crippen molar-refractivity contribution in [3.05, 3.63) is 60.2 Å². The number of aldehydes is 1. The monoisotopic (exact) mass is 313 g/mol. The fourth-order valence-electron chi connectivity index (χ4n) is 2.61. The van der Waals surface area contributed by atoms with E-state index in [1.54, 1.807) is 30.7 Å². The summed E-state index contributed by atoms with van der Waals surface area (Å²) in [6.45, 7) is 2.17. The molecule has 0 aromatic carbocycles. The molecule has 0 radical (unpaired) electrons. The van der Waals surface area contributed by atoms with Gasteiger partial charge in [-0.3, -0.25) is 14.8 Å². The summed E-state index contributed by atoms with van der Waals surface area (Å²) in [6.07, 6.45) is 9.24. The van der Waals surface area contributed by atoms with Crippen molar-refractivity contribution in [3.8, 4) is 0 Å². The van der Waals surface area contributed by atoms with E-state index in [2.05, 4.69) is 21.9 Å². The van der Waals surface area contributed by atoms with Crippen molar-refractivity contribution in [2.24, 2.45) is 5.92 Å². The number of rotatable bonds is 3. The minimum absolute atomic E-state index is 0.340. The number of nitrogens with zero attached hydrogens (tertiary/aromatic N) is 3. The molecule has 0 spiro atoms. The molecule has 1 aliphatic rings. The standard InChI is InChI=1S/C12H18N2O.C6H5NO/c1-14-7-4-10(5-8-14)12(15)11-3-2-6-13-9-11;8-5-6-2-1-3-7-4-6/h2-3,6,9-10,12,15H,4-5,7-8H2,1H3;1-5H. The highest BCUT2D eigenvalue weighted by atomic mass is 16.3. The first-order valence-electron chi connectivity index (χ1n) is 7.82. The lowest BCUT2D eigenvalue weighted by molar-refractivity contribution is 0.0655. The molecule has 3 heterocycles. The number of likely N-dealkylation sites (tertiary alicyclic amines) is 1. The smallest absolute Gasteiger partial charge is 0.151 e. The quantitative estimate of drug-likeness (QED) is 0.881. The van der Waals surface area contributed by atoms with Gasteiger partial charge in [-0.25, -0.2) is 0 Å². The Bertz CT molecular complexity index is 569. The Morgan fingerprint density at radius 3 is 2.30 bits per heavy atom. The first-order chi connectivity index (χ1) is 11.2. The lowest BCUT2D eigenvalue weighted by atomic mass is 9.88. The van der Waals surface area contributed by atoms with E-state index in [-0.39, 0.29) is 6.10 Å². The van der Waals surface area contributed by atoms with Gasteiger partial charge in [-0.2, -0.15) is 0 Å². The Kier molecular flexibility index (Phi) is 6.84. The average Bonchev–Trinajstić information content (AvgIpc) is 2.64. The maximum Gasteiger partial charge on any atom is 0.151 e. The van der Waals surface area contributed by atoms with Crippen LogP contribution in [0.4, 0.5) is 0 Å². The molecular weight excluding hydrogens is 290 g/mol. The SMILES string of the molecule is CN1CCC(C(O)c2cccnc2)CC1.O=Cc1cccnc1. The molecule has 2 aromatic rings. The maximum absolute atomic E-state index is 10.2. The van der Waals surface area contributed by atoms with Gasteiger partial charge in [-0.15, -0.1) is 0 Å². The molecular formula is C18H23N3O2. The van der Waals surface area contributed by atoms with Gasteiger partial charge in [0.1, 0.15) is 0 Å². The van der Waals surface area contributed by atoms with E-state index in [4.69, 9.17) is 0 Å². The number of carbonyl (C=O) groups excluding carboxylic acids is 1. The fourth-order valence-corrected chi connectivity index (χ4v) is 2.61. The second-order valence-corrected chi connectivity index (χ2v) is 5.78. The number of aliphatic hydroxyl groups excluding tert-OH is 1. The van der Waals surface area contributed by atoms with Crippen molar-refractivity contribution >= 4 is 6.29 Å². The number of piperidine rings is 1. The van der Waals surface area contributed by atoms with Crippen molar-refractivity contribution < 1.29 is 9.90 Å². The molecule has 1 atom stereocenters. The van der Waals surface area contributed by atoms with Crippen LogP contribution in [0.1, 0.15) is 34.9 Å². The minimum atomic E-state index is -0.340. The van der Waals surface area contributed by atoms with Crippen molar-refractivity contribution in [2.45, 2.75) is 18.9 Å². The molecule has 5 heteroatoms. The lowest BCUT2D eigenvalue weighted by Gasteiger charge is -2.31. The molecule has 5 nitrogen and oxygen atoms in total. The topological polar surface area (TPSA) is 66.3 Å². The second kappa shape index (κ2) is 9.12. The van der Waals surface area contributed by atoms with Gasteiger partial charge in [-0.05, 0) is 62.7 Å². The zero-order chi connectivity index (χ0) is 16.5. The normalized spacial score (nSPS) is 17.0. The first kappa shape index (κ1) is 17.2. The van der Waals surface area contributed by atoms with Crippen LogP contribution in [0, 0.1) is 5.92 Å². The van der Waals surface area contributed by atoms with Crippen LogP contribution in [0.15, 0.2) is 49.1 Å². The zero-order valence-corrected chi connectivity index (χ0v) is 13.4. The molecule has 1 unspecified atom stereocenters. The third kappa shape index (κ3) is 5.54. The summed E-state index contributed by atoms with van der Waals surface area (Å²) >= 11 is 0. The third-order valence-electron chi connectivity index (χ3n) is 4.06. The zero-order valence-electron chi connectivity index (χ0n) is 13.4. The number of pyridine rings is 2. The number of aliphatic hydroxyl groups is 1. The second-order valence-electron chi connectivity index (χ2n) is 5.78. The van der Waals surface area contributed by atoms with Crippen LogP contribution in [0.2, 0.25) is 0 Å². The van der Waals surface area contributed by atoms with Crippen LogP contribution in [0.5, 0.6) is 0 Å². The molecule has 0 bridgehead atoms. The predicted octanol–water partition coefficient (Wildman–Crippen LogP) is 2.35. The van der Waals surface area contributed by atoms with Crippen molar-refractivity contribution in [1.29, 1.82) is 0 Å². The summed E-state index contributed by atoms with van der Waals surface area (Å²) in [5.41, 5.74) is 1.57. The van der Waals surface area contributed by atoms with Crippen LogP contribution in [-0.4, -0.2) is 46.4 Å². The summed E-state index contributed by atoms with van der Waals surface area (Å²) in [5.74, 6) is 0.394. The van der Waals surface area contributed by atoms with Gasteiger partial charge < -0.3 is 10.0 Å². The maximum atomic E-state index is 10.2. The summed E-state index contributed by atoms with van der Waals surface area (Å²) in [5, 5.41) is 10.2. The lowest BCUT2D eigenvalue weighted by Crippen LogP contribution is -2.32. The van der Waals surface area contributed by atoms with Gasteiger partial charge in [0.2, 0.25) is 0 Å². The summed E-state index contributed by atoms with van der Waals surface area (Å²) in [6, 6.07) is 7.27. The molecule has 122 valence electrons. The molecule has 0 aliphatic carbocycles. The summed E-state index contributed by atoms with van der Waals surface area (Å²) in [7, 11) is 2.13. The van der Waals surface area contributed by atoms with Gasteiger partial charge in [0, 0.05) is 30.4 Å². The average molecular weight is 313 g/mol. The summed E-state index contributed by atoms with van der Waals surface area (Å²) < 4.78 is 0.